The predicted octanol–water partition coefficient (Wildman–Crippen LogP) is 4.09. The second kappa shape index (κ2) is 7.42. The van der Waals surface area contributed by atoms with Crippen LogP contribution in [0.2, 0.25) is 5.02 Å². The van der Waals surface area contributed by atoms with Crippen molar-refractivity contribution < 1.29 is 9.59 Å². The molecule has 0 unspecified atom stereocenters. The van der Waals surface area contributed by atoms with E-state index in [0.29, 0.717) is 16.4 Å². The number of carbonyl (C=O) groups excluding carboxylic acids is 2. The van der Waals surface area contributed by atoms with E-state index >= 15 is 0 Å². The number of amides is 2. The average molecular weight is 382 g/mol. The summed E-state index contributed by atoms with van der Waals surface area (Å²) in [4.78, 5) is 25.3. The fourth-order valence-corrected chi connectivity index (χ4v) is 2.35. The van der Waals surface area contributed by atoms with Crippen LogP contribution in [0.25, 0.3) is 0 Å². The van der Waals surface area contributed by atoms with Gasteiger partial charge in [-0.2, -0.15) is 0 Å². The molecule has 114 valence electrons. The third-order valence-corrected chi connectivity index (χ3v) is 3.69. The minimum Gasteiger partial charge on any atom is -0.325 e. The quantitative estimate of drug-likeness (QED) is 0.867. The van der Waals surface area contributed by atoms with Crippen molar-refractivity contribution in [3.8, 4) is 0 Å². The van der Waals surface area contributed by atoms with Crippen LogP contribution in [0, 0.1) is 0 Å². The van der Waals surface area contributed by atoms with Crippen LogP contribution in [0.4, 0.5) is 11.4 Å². The molecule has 6 heteroatoms. The maximum absolute atomic E-state index is 12.1. The summed E-state index contributed by atoms with van der Waals surface area (Å²) < 4.78 is 0.926. The molecule has 0 heterocycles. The zero-order valence-electron chi connectivity index (χ0n) is 11.8. The van der Waals surface area contributed by atoms with Crippen molar-refractivity contribution in [1.82, 2.24) is 0 Å². The zero-order chi connectivity index (χ0) is 16.1. The molecule has 0 spiro atoms. The standard InChI is InChI=1S/C16H14BrClN2O2/c1-11(21)20(15-4-2-3-13(18)9-15)10-16(22)19-14-7-5-12(17)6-8-14/h2-9H,10H2,1H3,(H,19,22). The van der Waals surface area contributed by atoms with Gasteiger partial charge in [0, 0.05) is 27.8 Å². The van der Waals surface area contributed by atoms with Gasteiger partial charge in [-0.3, -0.25) is 9.59 Å². The lowest BCUT2D eigenvalue weighted by Gasteiger charge is -2.21. The summed E-state index contributed by atoms with van der Waals surface area (Å²) in [5.74, 6) is -0.509. The van der Waals surface area contributed by atoms with Crippen LogP contribution in [0.1, 0.15) is 6.92 Å². The van der Waals surface area contributed by atoms with Gasteiger partial charge in [0.05, 0.1) is 0 Å². The fourth-order valence-electron chi connectivity index (χ4n) is 1.91. The van der Waals surface area contributed by atoms with Crippen LogP contribution in [-0.4, -0.2) is 18.4 Å². The van der Waals surface area contributed by atoms with E-state index in [0.717, 1.165) is 4.47 Å². The third kappa shape index (κ3) is 4.58. The third-order valence-electron chi connectivity index (χ3n) is 2.93. The highest BCUT2D eigenvalue weighted by Gasteiger charge is 2.16. The van der Waals surface area contributed by atoms with Gasteiger partial charge in [-0.1, -0.05) is 33.6 Å². The first-order valence-electron chi connectivity index (χ1n) is 6.55. The van der Waals surface area contributed by atoms with E-state index in [4.69, 9.17) is 11.6 Å². The largest absolute Gasteiger partial charge is 0.325 e. The van der Waals surface area contributed by atoms with Crippen LogP contribution in [0.15, 0.2) is 53.0 Å². The van der Waals surface area contributed by atoms with Crippen LogP contribution >= 0.6 is 27.5 Å². The molecule has 0 bridgehead atoms. The molecule has 0 saturated heterocycles. The lowest BCUT2D eigenvalue weighted by Crippen LogP contribution is -2.36. The molecular weight excluding hydrogens is 368 g/mol. The van der Waals surface area contributed by atoms with Crippen molar-refractivity contribution in [3.63, 3.8) is 0 Å². The number of halogens is 2. The summed E-state index contributed by atoms with van der Waals surface area (Å²) in [6.45, 7) is 1.33. The Bertz CT molecular complexity index is 689. The Morgan fingerprint density at radius 1 is 1.18 bits per heavy atom. The Labute approximate surface area is 142 Å². The molecule has 0 radical (unpaired) electrons. The molecule has 0 atom stereocenters. The molecule has 1 N–H and O–H groups in total. The molecule has 2 amide bonds. The molecule has 0 fully saturated rings. The van der Waals surface area contributed by atoms with Gasteiger partial charge in [-0.15, -0.1) is 0 Å². The van der Waals surface area contributed by atoms with Crippen molar-refractivity contribution in [2.75, 3.05) is 16.8 Å². The summed E-state index contributed by atoms with van der Waals surface area (Å²) in [6, 6.07) is 14.0. The predicted molar refractivity (Wildman–Crippen MR) is 92.3 cm³/mol. The van der Waals surface area contributed by atoms with Gasteiger partial charge in [0.1, 0.15) is 6.54 Å². The first-order valence-corrected chi connectivity index (χ1v) is 7.72. The highest BCUT2D eigenvalue weighted by atomic mass is 79.9. The molecule has 0 saturated carbocycles. The second-order valence-electron chi connectivity index (χ2n) is 4.64. The van der Waals surface area contributed by atoms with E-state index in [9.17, 15) is 9.59 Å². The first-order chi connectivity index (χ1) is 10.5. The number of hydrogen-bond donors (Lipinski definition) is 1. The summed E-state index contributed by atoms with van der Waals surface area (Å²) in [7, 11) is 0. The smallest absolute Gasteiger partial charge is 0.244 e. The zero-order valence-corrected chi connectivity index (χ0v) is 14.2. The number of nitrogens with zero attached hydrogens (tertiary/aromatic N) is 1. The number of anilines is 2. The van der Waals surface area contributed by atoms with Crippen molar-refractivity contribution >= 4 is 50.7 Å². The molecule has 0 aromatic heterocycles. The van der Waals surface area contributed by atoms with Crippen molar-refractivity contribution in [2.45, 2.75) is 6.92 Å². The fraction of sp³-hybridized carbons (Fsp3) is 0.125. The number of carbonyl (C=O) groups is 2. The van der Waals surface area contributed by atoms with Crippen molar-refractivity contribution in [3.05, 3.63) is 58.0 Å². The van der Waals surface area contributed by atoms with E-state index in [2.05, 4.69) is 21.2 Å². The molecular formula is C16H14BrClN2O2. The van der Waals surface area contributed by atoms with Gasteiger partial charge in [0.15, 0.2) is 0 Å². The maximum atomic E-state index is 12.1. The molecule has 0 aliphatic rings. The molecule has 22 heavy (non-hydrogen) atoms. The molecule has 0 aliphatic heterocycles. The van der Waals surface area contributed by atoms with E-state index < -0.39 is 0 Å². The molecule has 4 nitrogen and oxygen atoms in total. The van der Waals surface area contributed by atoms with Gasteiger partial charge in [0.2, 0.25) is 11.8 Å². The van der Waals surface area contributed by atoms with Crippen molar-refractivity contribution in [1.29, 1.82) is 0 Å². The summed E-state index contributed by atoms with van der Waals surface area (Å²) in [5, 5.41) is 3.26. The van der Waals surface area contributed by atoms with Gasteiger partial charge in [0.25, 0.3) is 0 Å². The Morgan fingerprint density at radius 3 is 2.45 bits per heavy atom. The van der Waals surface area contributed by atoms with E-state index in [1.165, 1.54) is 11.8 Å². The topological polar surface area (TPSA) is 49.4 Å². The van der Waals surface area contributed by atoms with Gasteiger partial charge in [-0.25, -0.2) is 0 Å². The van der Waals surface area contributed by atoms with Crippen LogP contribution < -0.4 is 10.2 Å². The number of nitrogens with one attached hydrogen (secondary N) is 1. The number of rotatable bonds is 4. The van der Waals surface area contributed by atoms with E-state index in [1.807, 2.05) is 12.1 Å². The minimum atomic E-state index is -0.280. The average Bonchev–Trinajstić information content (AvgIpc) is 2.47. The Kier molecular flexibility index (Phi) is 5.57. The van der Waals surface area contributed by atoms with Gasteiger partial charge >= 0.3 is 0 Å². The van der Waals surface area contributed by atoms with Gasteiger partial charge < -0.3 is 10.2 Å². The summed E-state index contributed by atoms with van der Waals surface area (Å²) >= 11 is 9.26. The highest BCUT2D eigenvalue weighted by molar-refractivity contribution is 9.10. The lowest BCUT2D eigenvalue weighted by molar-refractivity contribution is -0.120. The van der Waals surface area contributed by atoms with Crippen LogP contribution in [0.3, 0.4) is 0 Å². The summed E-state index contributed by atoms with van der Waals surface area (Å²) in [5.41, 5.74) is 1.26. The number of benzene rings is 2. The molecule has 2 aromatic carbocycles. The lowest BCUT2D eigenvalue weighted by atomic mass is 10.2. The van der Waals surface area contributed by atoms with Crippen LogP contribution in [0.5, 0.6) is 0 Å². The second-order valence-corrected chi connectivity index (χ2v) is 5.99. The molecule has 2 aromatic rings. The Hall–Kier alpha value is -1.85. The summed E-state index contributed by atoms with van der Waals surface area (Å²) in [6.07, 6.45) is 0. The Balaban J connectivity index is 2.09. The van der Waals surface area contributed by atoms with E-state index in [-0.39, 0.29) is 18.4 Å². The highest BCUT2D eigenvalue weighted by Crippen LogP contribution is 2.20. The molecule has 2 rings (SSSR count). The minimum absolute atomic E-state index is 0.0776. The van der Waals surface area contributed by atoms with Crippen LogP contribution in [-0.2, 0) is 9.59 Å². The van der Waals surface area contributed by atoms with Gasteiger partial charge in [-0.05, 0) is 42.5 Å². The monoisotopic (exact) mass is 380 g/mol. The Morgan fingerprint density at radius 2 is 1.86 bits per heavy atom. The SMILES string of the molecule is CC(=O)N(CC(=O)Nc1ccc(Br)cc1)c1cccc(Cl)c1. The normalized spacial score (nSPS) is 10.1. The van der Waals surface area contributed by atoms with E-state index in [1.54, 1.807) is 36.4 Å². The maximum Gasteiger partial charge on any atom is 0.244 e. The first kappa shape index (κ1) is 16.5. The number of hydrogen-bond acceptors (Lipinski definition) is 2. The van der Waals surface area contributed by atoms with Crippen molar-refractivity contribution in [2.24, 2.45) is 0 Å². The molecule has 0 aliphatic carbocycles.